The van der Waals surface area contributed by atoms with Crippen LogP contribution in [0.4, 0.5) is 0 Å². The van der Waals surface area contributed by atoms with Gasteiger partial charge >= 0.3 is 11.9 Å². The van der Waals surface area contributed by atoms with Gasteiger partial charge in [0, 0.05) is 12.5 Å². The number of hydrogen-bond acceptors (Lipinski definition) is 4. The second kappa shape index (κ2) is 5.30. The molecule has 0 spiro atoms. The maximum Gasteiger partial charge on any atom is 0.338 e. The third-order valence-corrected chi connectivity index (χ3v) is 2.18. The summed E-state index contributed by atoms with van der Waals surface area (Å²) in [6.07, 6.45) is 0. The van der Waals surface area contributed by atoms with E-state index in [1.165, 1.54) is 14.0 Å². The van der Waals surface area contributed by atoms with Crippen molar-refractivity contribution in [2.45, 2.75) is 20.5 Å². The zero-order valence-electron chi connectivity index (χ0n) is 9.57. The normalized spacial score (nSPS) is 9.69. The van der Waals surface area contributed by atoms with Gasteiger partial charge in [-0.3, -0.25) is 4.79 Å². The number of aryl methyl sites for hydroxylation is 1. The lowest BCUT2D eigenvalue weighted by molar-refractivity contribution is -0.142. The lowest BCUT2D eigenvalue weighted by Crippen LogP contribution is -2.10. The molecule has 0 aliphatic carbocycles. The molecule has 1 aromatic carbocycles. The Morgan fingerprint density at radius 2 is 2.00 bits per heavy atom. The highest BCUT2D eigenvalue weighted by Crippen LogP contribution is 2.16. The largest absolute Gasteiger partial charge is 0.465 e. The first kappa shape index (κ1) is 12.2. The van der Waals surface area contributed by atoms with Gasteiger partial charge in [0.2, 0.25) is 0 Å². The van der Waals surface area contributed by atoms with Gasteiger partial charge in [-0.2, -0.15) is 0 Å². The quantitative estimate of drug-likeness (QED) is 0.732. The lowest BCUT2D eigenvalue weighted by Gasteiger charge is -2.10. The Morgan fingerprint density at radius 1 is 1.31 bits per heavy atom. The summed E-state index contributed by atoms with van der Waals surface area (Å²) in [7, 11) is 1.32. The molecular weight excluding hydrogens is 208 g/mol. The summed E-state index contributed by atoms with van der Waals surface area (Å²) >= 11 is 0. The zero-order chi connectivity index (χ0) is 12.1. The van der Waals surface area contributed by atoms with Gasteiger partial charge in [-0.25, -0.2) is 4.79 Å². The van der Waals surface area contributed by atoms with Gasteiger partial charge in [-0.15, -0.1) is 0 Å². The van der Waals surface area contributed by atoms with Crippen LogP contribution in [0.5, 0.6) is 0 Å². The van der Waals surface area contributed by atoms with Crippen molar-refractivity contribution >= 4 is 11.9 Å². The first-order valence-electron chi connectivity index (χ1n) is 4.86. The van der Waals surface area contributed by atoms with E-state index in [1.807, 2.05) is 13.0 Å². The molecule has 16 heavy (non-hydrogen) atoms. The highest BCUT2D eigenvalue weighted by atomic mass is 16.5. The van der Waals surface area contributed by atoms with Crippen LogP contribution >= 0.6 is 0 Å². The van der Waals surface area contributed by atoms with E-state index >= 15 is 0 Å². The molecule has 0 aliphatic heterocycles. The molecule has 0 unspecified atom stereocenters. The third kappa shape index (κ3) is 2.82. The van der Waals surface area contributed by atoms with Crippen molar-refractivity contribution in [3.63, 3.8) is 0 Å². The van der Waals surface area contributed by atoms with E-state index in [1.54, 1.807) is 12.1 Å². The Hall–Kier alpha value is -1.84. The molecule has 0 aliphatic rings. The molecule has 4 heteroatoms. The molecule has 0 atom stereocenters. The van der Waals surface area contributed by atoms with Gasteiger partial charge in [-0.05, 0) is 12.5 Å². The third-order valence-electron chi connectivity index (χ3n) is 2.18. The number of carbonyl (C=O) groups excluding carboxylic acids is 2. The average Bonchev–Trinajstić information content (AvgIpc) is 2.25. The van der Waals surface area contributed by atoms with Crippen molar-refractivity contribution in [3.05, 3.63) is 34.9 Å². The van der Waals surface area contributed by atoms with Crippen molar-refractivity contribution in [2.24, 2.45) is 0 Å². The SMILES string of the molecule is COC(=O)c1c(C)cccc1COC(C)=O. The van der Waals surface area contributed by atoms with Gasteiger partial charge < -0.3 is 9.47 Å². The molecule has 1 aromatic rings. The average molecular weight is 222 g/mol. The summed E-state index contributed by atoms with van der Waals surface area (Å²) in [5.74, 6) is -0.794. The Labute approximate surface area is 94.2 Å². The number of hydrogen-bond donors (Lipinski definition) is 0. The summed E-state index contributed by atoms with van der Waals surface area (Å²) in [5, 5.41) is 0. The van der Waals surface area contributed by atoms with E-state index in [2.05, 4.69) is 4.74 Å². The lowest BCUT2D eigenvalue weighted by atomic mass is 10.0. The van der Waals surface area contributed by atoms with Gasteiger partial charge in [0.15, 0.2) is 0 Å². The monoisotopic (exact) mass is 222 g/mol. The van der Waals surface area contributed by atoms with Crippen molar-refractivity contribution in [2.75, 3.05) is 7.11 Å². The van der Waals surface area contributed by atoms with Crippen LogP contribution in [0.25, 0.3) is 0 Å². The van der Waals surface area contributed by atoms with Crippen LogP contribution in [0.1, 0.15) is 28.4 Å². The summed E-state index contributed by atoms with van der Waals surface area (Å²) < 4.78 is 9.56. The van der Waals surface area contributed by atoms with Gasteiger partial charge in [-0.1, -0.05) is 18.2 Å². The summed E-state index contributed by atoms with van der Waals surface area (Å²) in [5.41, 5.74) is 1.92. The van der Waals surface area contributed by atoms with Gasteiger partial charge in [0.05, 0.1) is 12.7 Å². The topological polar surface area (TPSA) is 52.6 Å². The molecule has 1 rings (SSSR count). The fraction of sp³-hybridized carbons (Fsp3) is 0.333. The van der Waals surface area contributed by atoms with Crippen molar-refractivity contribution in [1.29, 1.82) is 0 Å². The van der Waals surface area contributed by atoms with Crippen LogP contribution < -0.4 is 0 Å². The molecule has 0 heterocycles. The number of esters is 2. The van der Waals surface area contributed by atoms with E-state index in [0.717, 1.165) is 5.56 Å². The van der Waals surface area contributed by atoms with E-state index < -0.39 is 5.97 Å². The van der Waals surface area contributed by atoms with Crippen molar-refractivity contribution < 1.29 is 19.1 Å². The van der Waals surface area contributed by atoms with E-state index in [4.69, 9.17) is 4.74 Å². The number of ether oxygens (including phenoxy) is 2. The maximum atomic E-state index is 11.5. The fourth-order valence-corrected chi connectivity index (χ4v) is 1.42. The fourth-order valence-electron chi connectivity index (χ4n) is 1.42. The minimum atomic E-state index is -0.416. The number of benzene rings is 1. The minimum absolute atomic E-state index is 0.0848. The standard InChI is InChI=1S/C12H14O4/c1-8-5-4-6-10(7-16-9(2)13)11(8)12(14)15-3/h4-6H,7H2,1-3H3. The molecule has 0 bridgehead atoms. The maximum absolute atomic E-state index is 11.5. The van der Waals surface area contributed by atoms with Crippen LogP contribution in [-0.4, -0.2) is 19.0 Å². The predicted octanol–water partition coefficient (Wildman–Crippen LogP) is 1.84. The van der Waals surface area contributed by atoms with E-state index in [0.29, 0.717) is 11.1 Å². The zero-order valence-corrected chi connectivity index (χ0v) is 9.57. The Bertz CT molecular complexity index is 409. The smallest absolute Gasteiger partial charge is 0.338 e. The molecule has 0 aromatic heterocycles. The number of carbonyl (C=O) groups is 2. The van der Waals surface area contributed by atoms with Crippen molar-refractivity contribution in [1.82, 2.24) is 0 Å². The first-order valence-corrected chi connectivity index (χ1v) is 4.86. The molecule has 0 radical (unpaired) electrons. The van der Waals surface area contributed by atoms with Crippen LogP contribution in [0.3, 0.4) is 0 Å². The summed E-state index contributed by atoms with van der Waals surface area (Å²) in [4.78, 5) is 22.3. The molecule has 0 amide bonds. The highest BCUT2D eigenvalue weighted by Gasteiger charge is 2.14. The van der Waals surface area contributed by atoms with Crippen molar-refractivity contribution in [3.8, 4) is 0 Å². The number of methoxy groups -OCH3 is 1. The number of rotatable bonds is 3. The molecule has 0 saturated heterocycles. The van der Waals surface area contributed by atoms with Gasteiger partial charge in [0.25, 0.3) is 0 Å². The van der Waals surface area contributed by atoms with Crippen LogP contribution in [0.2, 0.25) is 0 Å². The van der Waals surface area contributed by atoms with Gasteiger partial charge in [0.1, 0.15) is 6.61 Å². The van der Waals surface area contributed by atoms with E-state index in [9.17, 15) is 9.59 Å². The Balaban J connectivity index is 3.03. The molecule has 0 N–H and O–H groups in total. The highest BCUT2D eigenvalue weighted by molar-refractivity contribution is 5.92. The molecular formula is C12H14O4. The Morgan fingerprint density at radius 3 is 2.56 bits per heavy atom. The molecule has 86 valence electrons. The second-order valence-corrected chi connectivity index (χ2v) is 3.38. The molecule has 4 nitrogen and oxygen atoms in total. The van der Waals surface area contributed by atoms with Crippen LogP contribution in [0.15, 0.2) is 18.2 Å². The molecule has 0 saturated carbocycles. The second-order valence-electron chi connectivity index (χ2n) is 3.38. The predicted molar refractivity (Wildman–Crippen MR) is 58.0 cm³/mol. The van der Waals surface area contributed by atoms with Crippen LogP contribution in [0, 0.1) is 6.92 Å². The first-order chi connectivity index (χ1) is 7.56. The summed E-state index contributed by atoms with van der Waals surface area (Å²) in [6.45, 7) is 3.22. The summed E-state index contributed by atoms with van der Waals surface area (Å²) in [6, 6.07) is 5.35. The molecule has 0 fully saturated rings. The minimum Gasteiger partial charge on any atom is -0.465 e. The van der Waals surface area contributed by atoms with Crippen LogP contribution in [-0.2, 0) is 20.9 Å². The van der Waals surface area contributed by atoms with E-state index in [-0.39, 0.29) is 12.6 Å². The Kier molecular flexibility index (Phi) is 4.05.